The zero-order chi connectivity index (χ0) is 27.3. The van der Waals surface area contributed by atoms with Crippen LogP contribution in [-0.4, -0.2) is 69.6 Å². The van der Waals surface area contributed by atoms with Gasteiger partial charge in [-0.05, 0) is 46.0 Å². The van der Waals surface area contributed by atoms with E-state index >= 15 is 0 Å². The van der Waals surface area contributed by atoms with Gasteiger partial charge in [0.1, 0.15) is 12.6 Å². The molecule has 3 amide bonds. The van der Waals surface area contributed by atoms with Crippen molar-refractivity contribution in [3.63, 3.8) is 0 Å². The minimum absolute atomic E-state index is 0.0275. The fraction of sp³-hybridized carbons (Fsp3) is 0.727. The minimum atomic E-state index is -5.03. The van der Waals surface area contributed by atoms with Crippen LogP contribution in [0.4, 0.5) is 13.2 Å². The second-order valence-electron chi connectivity index (χ2n) is 10.2. The minimum Gasteiger partial charge on any atom is -0.356 e. The topological polar surface area (TPSA) is 144 Å². The lowest BCUT2D eigenvalue weighted by Crippen LogP contribution is -2.47. The fourth-order valence-electron chi connectivity index (χ4n) is 3.67. The van der Waals surface area contributed by atoms with Crippen LogP contribution in [0.3, 0.4) is 0 Å². The molecule has 0 radical (unpaired) electrons. The number of halogens is 3. The number of aromatic nitrogens is 3. The molecule has 0 saturated carbocycles. The lowest BCUT2D eigenvalue weighted by molar-refractivity contribution is -0.321. The first-order chi connectivity index (χ1) is 16.6. The number of alkyl halides is 3. The van der Waals surface area contributed by atoms with Crippen LogP contribution in [0.1, 0.15) is 70.4 Å². The van der Waals surface area contributed by atoms with Crippen molar-refractivity contribution in [3.8, 4) is 0 Å². The van der Waals surface area contributed by atoms with E-state index in [0.717, 1.165) is 0 Å². The van der Waals surface area contributed by atoms with E-state index < -0.39 is 54.1 Å². The third kappa shape index (κ3) is 9.21. The van der Waals surface area contributed by atoms with E-state index in [1.807, 2.05) is 13.8 Å². The SMILES string of the molecule is CC(C)CC(C(=O)NC(CC1CCNC1=O)C(=O)COC(F)(F)F)n1cc(C(=O)NC(C)(C)C)nn1. The summed E-state index contributed by atoms with van der Waals surface area (Å²) >= 11 is 0. The molecule has 2 rings (SSSR count). The summed E-state index contributed by atoms with van der Waals surface area (Å²) in [5.74, 6) is -3.24. The van der Waals surface area contributed by atoms with Gasteiger partial charge in [-0.1, -0.05) is 19.1 Å². The molecule has 0 aromatic carbocycles. The molecule has 1 saturated heterocycles. The van der Waals surface area contributed by atoms with Crippen LogP contribution in [0.25, 0.3) is 0 Å². The van der Waals surface area contributed by atoms with E-state index in [2.05, 4.69) is 31.0 Å². The number of ether oxygens (including phenoxy) is 1. The molecule has 1 fully saturated rings. The van der Waals surface area contributed by atoms with E-state index in [1.165, 1.54) is 10.9 Å². The number of nitrogens with one attached hydrogen (secondary N) is 3. The van der Waals surface area contributed by atoms with E-state index in [9.17, 15) is 32.3 Å². The molecule has 14 heteroatoms. The number of hydrogen-bond donors (Lipinski definition) is 3. The molecule has 11 nitrogen and oxygen atoms in total. The summed E-state index contributed by atoms with van der Waals surface area (Å²) in [6, 6.07) is -2.40. The van der Waals surface area contributed by atoms with Gasteiger partial charge in [-0.2, -0.15) is 0 Å². The Hall–Kier alpha value is -3.03. The third-order valence-corrected chi connectivity index (χ3v) is 5.31. The zero-order valence-electron chi connectivity index (χ0n) is 20.9. The second-order valence-corrected chi connectivity index (χ2v) is 10.2. The predicted molar refractivity (Wildman–Crippen MR) is 120 cm³/mol. The monoisotopic (exact) mass is 518 g/mol. The lowest BCUT2D eigenvalue weighted by atomic mass is 9.95. The van der Waals surface area contributed by atoms with Gasteiger partial charge in [-0.25, -0.2) is 4.68 Å². The van der Waals surface area contributed by atoms with E-state index in [1.54, 1.807) is 20.8 Å². The lowest BCUT2D eigenvalue weighted by Gasteiger charge is -2.24. The molecule has 3 N–H and O–H groups in total. The molecule has 0 aliphatic carbocycles. The van der Waals surface area contributed by atoms with Crippen LogP contribution in [0, 0.1) is 11.8 Å². The molecule has 1 aromatic rings. The quantitative estimate of drug-likeness (QED) is 0.403. The Morgan fingerprint density at radius 3 is 2.44 bits per heavy atom. The van der Waals surface area contributed by atoms with Crippen molar-refractivity contribution in [1.82, 2.24) is 30.9 Å². The van der Waals surface area contributed by atoms with Gasteiger partial charge < -0.3 is 16.0 Å². The van der Waals surface area contributed by atoms with E-state index in [-0.39, 0.29) is 30.4 Å². The van der Waals surface area contributed by atoms with E-state index in [0.29, 0.717) is 13.0 Å². The summed E-state index contributed by atoms with van der Waals surface area (Å²) in [6.45, 7) is 8.10. The van der Waals surface area contributed by atoms with Crippen LogP contribution >= 0.6 is 0 Å². The average Bonchev–Trinajstić information content (AvgIpc) is 3.37. The predicted octanol–water partition coefficient (Wildman–Crippen LogP) is 1.51. The first-order valence-corrected chi connectivity index (χ1v) is 11.6. The molecule has 202 valence electrons. The zero-order valence-corrected chi connectivity index (χ0v) is 20.9. The highest BCUT2D eigenvalue weighted by Crippen LogP contribution is 2.22. The number of ketones is 1. The standard InChI is InChI=1S/C22H33F3N6O5/c1-12(2)8-16(31-10-15(29-30-31)19(34)28-21(3,4)5)20(35)27-14(9-13-6-7-26-18(13)33)17(32)11-36-22(23,24)25/h10,12-14,16H,6-9,11H2,1-5H3,(H,26,33)(H,27,35)(H,28,34). The van der Waals surface area contributed by atoms with Crippen molar-refractivity contribution >= 4 is 23.5 Å². The van der Waals surface area contributed by atoms with Gasteiger partial charge in [0.25, 0.3) is 5.91 Å². The smallest absolute Gasteiger partial charge is 0.356 e. The molecule has 0 bridgehead atoms. The summed E-state index contributed by atoms with van der Waals surface area (Å²) in [5, 5.41) is 15.5. The summed E-state index contributed by atoms with van der Waals surface area (Å²) in [5.41, 5.74) is -0.561. The Bertz CT molecular complexity index is 957. The highest BCUT2D eigenvalue weighted by Gasteiger charge is 2.36. The highest BCUT2D eigenvalue weighted by molar-refractivity contribution is 5.93. The maximum absolute atomic E-state index is 13.2. The number of nitrogens with zero attached hydrogens (tertiary/aromatic N) is 3. The van der Waals surface area contributed by atoms with E-state index in [4.69, 9.17) is 0 Å². The number of Topliss-reactive ketones (excluding diaryl/α,β-unsaturated/α-hetero) is 1. The van der Waals surface area contributed by atoms with Crippen LogP contribution in [-0.2, 0) is 19.1 Å². The molecule has 1 aliphatic rings. The van der Waals surface area contributed by atoms with Gasteiger partial charge in [-0.15, -0.1) is 18.3 Å². The molecular weight excluding hydrogens is 485 g/mol. The van der Waals surface area contributed by atoms with Crippen molar-refractivity contribution < 1.29 is 37.1 Å². The molecule has 1 aromatic heterocycles. The number of carbonyl (C=O) groups excluding carboxylic acids is 4. The van der Waals surface area contributed by atoms with Crippen molar-refractivity contribution in [2.45, 2.75) is 77.9 Å². The Kier molecular flexibility index (Phi) is 9.57. The van der Waals surface area contributed by atoms with Crippen LogP contribution in [0.2, 0.25) is 0 Å². The van der Waals surface area contributed by atoms with Crippen LogP contribution in [0.15, 0.2) is 6.20 Å². The van der Waals surface area contributed by atoms with Crippen molar-refractivity contribution in [1.29, 1.82) is 0 Å². The Morgan fingerprint density at radius 1 is 1.25 bits per heavy atom. The first-order valence-electron chi connectivity index (χ1n) is 11.6. The largest absolute Gasteiger partial charge is 0.522 e. The second kappa shape index (κ2) is 11.8. The van der Waals surface area contributed by atoms with Gasteiger partial charge >= 0.3 is 6.36 Å². The number of carbonyl (C=O) groups is 4. The third-order valence-electron chi connectivity index (χ3n) is 5.31. The van der Waals surface area contributed by atoms with Crippen molar-refractivity contribution in [2.75, 3.05) is 13.2 Å². The Morgan fingerprint density at radius 2 is 1.92 bits per heavy atom. The van der Waals surface area contributed by atoms with Crippen molar-refractivity contribution in [2.24, 2.45) is 11.8 Å². The van der Waals surface area contributed by atoms with Crippen LogP contribution < -0.4 is 16.0 Å². The molecule has 2 heterocycles. The van der Waals surface area contributed by atoms with Crippen LogP contribution in [0.5, 0.6) is 0 Å². The molecular formula is C22H33F3N6O5. The van der Waals surface area contributed by atoms with Gasteiger partial charge in [0.2, 0.25) is 11.8 Å². The summed E-state index contributed by atoms with van der Waals surface area (Å²) in [6.07, 6.45) is -3.30. The number of rotatable bonds is 11. The van der Waals surface area contributed by atoms with Crippen molar-refractivity contribution in [3.05, 3.63) is 11.9 Å². The molecule has 3 atom stereocenters. The van der Waals surface area contributed by atoms with Gasteiger partial charge in [0, 0.05) is 18.0 Å². The fourth-order valence-corrected chi connectivity index (χ4v) is 3.67. The maximum atomic E-state index is 13.2. The average molecular weight is 519 g/mol. The van der Waals surface area contributed by atoms with Gasteiger partial charge in [-0.3, -0.25) is 23.9 Å². The number of amides is 3. The summed E-state index contributed by atoms with van der Waals surface area (Å²) in [4.78, 5) is 50.2. The Balaban J connectivity index is 2.24. The number of hydrogen-bond acceptors (Lipinski definition) is 7. The Labute approximate surface area is 206 Å². The molecule has 3 unspecified atom stereocenters. The summed E-state index contributed by atoms with van der Waals surface area (Å²) in [7, 11) is 0. The maximum Gasteiger partial charge on any atom is 0.522 e. The molecule has 1 aliphatic heterocycles. The highest BCUT2D eigenvalue weighted by atomic mass is 19.4. The first kappa shape index (κ1) is 29.2. The molecule has 0 spiro atoms. The van der Waals surface area contributed by atoms with Gasteiger partial charge in [0.15, 0.2) is 11.5 Å². The molecule has 36 heavy (non-hydrogen) atoms. The summed E-state index contributed by atoms with van der Waals surface area (Å²) < 4.78 is 42.3. The van der Waals surface area contributed by atoms with Gasteiger partial charge in [0.05, 0.1) is 12.2 Å². The normalized spacial score (nSPS) is 18.0.